The van der Waals surface area contributed by atoms with E-state index in [1.165, 1.54) is 0 Å². The van der Waals surface area contributed by atoms with Crippen LogP contribution in [-0.4, -0.2) is 27.8 Å². The van der Waals surface area contributed by atoms with Gasteiger partial charge in [0.15, 0.2) is 0 Å². The van der Waals surface area contributed by atoms with Crippen molar-refractivity contribution in [1.29, 1.82) is 0 Å². The van der Waals surface area contributed by atoms with Gasteiger partial charge in [0.25, 0.3) is 11.5 Å². The van der Waals surface area contributed by atoms with Crippen LogP contribution in [0.15, 0.2) is 29.1 Å². The van der Waals surface area contributed by atoms with Crippen LogP contribution in [0.3, 0.4) is 0 Å². The second kappa shape index (κ2) is 6.32. The van der Waals surface area contributed by atoms with Crippen LogP contribution in [0, 0.1) is 13.8 Å². The van der Waals surface area contributed by atoms with Crippen LogP contribution in [0.4, 0.5) is 5.69 Å². The summed E-state index contributed by atoms with van der Waals surface area (Å²) in [5.74, 6) is -0.464. The van der Waals surface area contributed by atoms with Crippen molar-refractivity contribution in [2.24, 2.45) is 0 Å². The number of hydrogen-bond acceptors (Lipinski definition) is 4. The largest absolute Gasteiger partial charge is 0.396 e. The molecule has 1 amide bonds. The Kier molecular flexibility index (Phi) is 4.49. The summed E-state index contributed by atoms with van der Waals surface area (Å²) in [5.41, 5.74) is 2.31. The molecular formula is C15H17N3O3. The van der Waals surface area contributed by atoms with E-state index in [2.05, 4.69) is 15.5 Å². The first-order valence-electron chi connectivity index (χ1n) is 6.60. The number of hydrogen-bond donors (Lipinski definition) is 3. The third kappa shape index (κ3) is 3.35. The van der Waals surface area contributed by atoms with Gasteiger partial charge in [-0.3, -0.25) is 9.59 Å². The van der Waals surface area contributed by atoms with E-state index in [0.717, 1.165) is 5.56 Å². The van der Waals surface area contributed by atoms with Gasteiger partial charge in [0.1, 0.15) is 5.56 Å². The quantitative estimate of drug-likeness (QED) is 0.786. The summed E-state index contributed by atoms with van der Waals surface area (Å²) in [6.45, 7) is 3.50. The maximum absolute atomic E-state index is 12.2. The van der Waals surface area contributed by atoms with Crippen molar-refractivity contribution in [1.82, 2.24) is 10.2 Å². The maximum Gasteiger partial charge on any atom is 0.277 e. The lowest BCUT2D eigenvalue weighted by Crippen LogP contribution is -2.26. The third-order valence-electron chi connectivity index (χ3n) is 3.31. The molecule has 1 aromatic carbocycles. The number of aryl methyl sites for hydroxylation is 1. The molecule has 0 bridgehead atoms. The Labute approximate surface area is 121 Å². The van der Waals surface area contributed by atoms with Gasteiger partial charge in [0, 0.05) is 12.3 Å². The molecule has 0 saturated heterocycles. The van der Waals surface area contributed by atoms with Crippen molar-refractivity contribution in [2.75, 3.05) is 11.9 Å². The maximum atomic E-state index is 12.2. The molecule has 21 heavy (non-hydrogen) atoms. The van der Waals surface area contributed by atoms with Gasteiger partial charge >= 0.3 is 0 Å². The van der Waals surface area contributed by atoms with Crippen LogP contribution in [-0.2, 0) is 6.42 Å². The Morgan fingerprint density at radius 1 is 1.29 bits per heavy atom. The van der Waals surface area contributed by atoms with Crippen molar-refractivity contribution in [3.8, 4) is 0 Å². The van der Waals surface area contributed by atoms with Gasteiger partial charge in [-0.25, -0.2) is 5.10 Å². The summed E-state index contributed by atoms with van der Waals surface area (Å²) < 4.78 is 0. The lowest BCUT2D eigenvalue weighted by atomic mass is 10.1. The Bertz CT molecular complexity index is 705. The lowest BCUT2D eigenvalue weighted by Gasteiger charge is -2.08. The van der Waals surface area contributed by atoms with Crippen molar-refractivity contribution in [3.05, 3.63) is 57.0 Å². The molecule has 6 nitrogen and oxygen atoms in total. The molecule has 0 unspecified atom stereocenters. The molecule has 0 fully saturated rings. The van der Waals surface area contributed by atoms with E-state index >= 15 is 0 Å². The second-order valence-corrected chi connectivity index (χ2v) is 4.76. The molecule has 2 aromatic rings. The predicted octanol–water partition coefficient (Wildman–Crippen LogP) is 1.17. The van der Waals surface area contributed by atoms with Crippen molar-refractivity contribution in [3.63, 3.8) is 0 Å². The first-order valence-corrected chi connectivity index (χ1v) is 6.60. The Morgan fingerprint density at radius 2 is 1.95 bits per heavy atom. The number of aromatic nitrogens is 2. The van der Waals surface area contributed by atoms with E-state index in [-0.39, 0.29) is 12.2 Å². The second-order valence-electron chi connectivity index (χ2n) is 4.76. The average molecular weight is 287 g/mol. The van der Waals surface area contributed by atoms with Crippen LogP contribution in [0.5, 0.6) is 0 Å². The van der Waals surface area contributed by atoms with Crippen LogP contribution in [0.2, 0.25) is 0 Å². The summed E-state index contributed by atoms with van der Waals surface area (Å²) in [6.07, 6.45) is 0.566. The minimum atomic E-state index is -0.507. The minimum Gasteiger partial charge on any atom is -0.396 e. The summed E-state index contributed by atoms with van der Waals surface area (Å²) in [5, 5.41) is 17.7. The highest BCUT2D eigenvalue weighted by molar-refractivity contribution is 6.05. The highest BCUT2D eigenvalue weighted by Gasteiger charge is 2.16. The number of aromatic amines is 1. The molecule has 1 aromatic heterocycles. The van der Waals surface area contributed by atoms with Gasteiger partial charge in [-0.1, -0.05) is 12.1 Å². The zero-order valence-electron chi connectivity index (χ0n) is 11.9. The van der Waals surface area contributed by atoms with Crippen LogP contribution >= 0.6 is 0 Å². The van der Waals surface area contributed by atoms with Gasteiger partial charge in [-0.05, 0) is 43.5 Å². The zero-order chi connectivity index (χ0) is 15.4. The Hall–Kier alpha value is -2.47. The number of rotatable bonds is 4. The minimum absolute atomic E-state index is 0.0712. The number of anilines is 1. The molecule has 0 saturated carbocycles. The van der Waals surface area contributed by atoms with E-state index in [1.807, 2.05) is 12.1 Å². The topological polar surface area (TPSA) is 95.1 Å². The number of H-pyrrole nitrogens is 1. The number of benzene rings is 1. The summed E-state index contributed by atoms with van der Waals surface area (Å²) in [4.78, 5) is 24.0. The molecule has 0 spiro atoms. The van der Waals surface area contributed by atoms with Gasteiger partial charge in [0.2, 0.25) is 0 Å². The van der Waals surface area contributed by atoms with E-state index in [9.17, 15) is 9.59 Å². The lowest BCUT2D eigenvalue weighted by molar-refractivity contribution is 0.102. The van der Waals surface area contributed by atoms with Crippen molar-refractivity contribution >= 4 is 11.6 Å². The Balaban J connectivity index is 2.22. The third-order valence-corrected chi connectivity index (χ3v) is 3.31. The first-order chi connectivity index (χ1) is 10.0. The van der Waals surface area contributed by atoms with Crippen molar-refractivity contribution < 1.29 is 9.90 Å². The van der Waals surface area contributed by atoms with E-state index in [0.29, 0.717) is 23.4 Å². The fraction of sp³-hybridized carbons (Fsp3) is 0.267. The molecule has 0 aliphatic heterocycles. The monoisotopic (exact) mass is 287 g/mol. The normalized spacial score (nSPS) is 10.4. The molecule has 0 aliphatic rings. The fourth-order valence-electron chi connectivity index (χ4n) is 1.98. The van der Waals surface area contributed by atoms with E-state index < -0.39 is 11.5 Å². The highest BCUT2D eigenvalue weighted by atomic mass is 16.3. The van der Waals surface area contributed by atoms with Crippen LogP contribution in [0.1, 0.15) is 27.2 Å². The van der Waals surface area contributed by atoms with Gasteiger partial charge < -0.3 is 10.4 Å². The summed E-state index contributed by atoms with van der Waals surface area (Å²) >= 11 is 0. The predicted molar refractivity (Wildman–Crippen MR) is 79.5 cm³/mol. The number of carbonyl (C=O) groups is 1. The Morgan fingerprint density at radius 3 is 2.57 bits per heavy atom. The molecule has 2 rings (SSSR count). The summed E-state index contributed by atoms with van der Waals surface area (Å²) in [7, 11) is 0. The van der Waals surface area contributed by atoms with E-state index in [4.69, 9.17) is 5.11 Å². The SMILES string of the molecule is Cc1n[nH]c(=O)c(C(=O)Nc2ccc(CCO)cc2)c1C. The number of carbonyl (C=O) groups excluding carboxylic acids is 1. The number of nitrogens with zero attached hydrogens (tertiary/aromatic N) is 1. The van der Waals surface area contributed by atoms with Crippen LogP contribution in [0.25, 0.3) is 0 Å². The standard InChI is InChI=1S/C15H17N3O3/c1-9-10(2)17-18-15(21)13(9)14(20)16-12-5-3-11(4-6-12)7-8-19/h3-6,19H,7-8H2,1-2H3,(H,16,20)(H,18,21). The first kappa shape index (κ1) is 14.9. The molecule has 1 heterocycles. The van der Waals surface area contributed by atoms with Gasteiger partial charge in [-0.2, -0.15) is 5.10 Å². The number of aliphatic hydroxyl groups is 1. The van der Waals surface area contributed by atoms with Gasteiger partial charge in [-0.15, -0.1) is 0 Å². The van der Waals surface area contributed by atoms with Crippen molar-refractivity contribution in [2.45, 2.75) is 20.3 Å². The summed E-state index contributed by atoms with van der Waals surface area (Å²) in [6, 6.07) is 7.11. The molecule has 0 aliphatic carbocycles. The zero-order valence-corrected chi connectivity index (χ0v) is 11.9. The smallest absolute Gasteiger partial charge is 0.277 e. The van der Waals surface area contributed by atoms with Crippen LogP contribution < -0.4 is 10.9 Å². The molecule has 3 N–H and O–H groups in total. The van der Waals surface area contributed by atoms with Gasteiger partial charge in [0.05, 0.1) is 5.69 Å². The number of amides is 1. The number of aliphatic hydroxyl groups excluding tert-OH is 1. The molecule has 6 heteroatoms. The molecule has 0 radical (unpaired) electrons. The number of nitrogens with one attached hydrogen (secondary N) is 2. The highest BCUT2D eigenvalue weighted by Crippen LogP contribution is 2.12. The molecular weight excluding hydrogens is 270 g/mol. The van der Waals surface area contributed by atoms with E-state index in [1.54, 1.807) is 26.0 Å². The average Bonchev–Trinajstić information content (AvgIpc) is 2.46. The molecule has 110 valence electrons. The molecule has 0 atom stereocenters. The fourth-order valence-corrected chi connectivity index (χ4v) is 1.98.